The van der Waals surface area contributed by atoms with Gasteiger partial charge in [-0.2, -0.15) is 0 Å². The number of fused-ring (bicyclic) bond motifs is 1. The van der Waals surface area contributed by atoms with E-state index in [9.17, 15) is 0 Å². The Balaban J connectivity index is 1.78. The van der Waals surface area contributed by atoms with E-state index in [1.807, 2.05) is 43.7 Å². The van der Waals surface area contributed by atoms with Crippen molar-refractivity contribution in [3.05, 3.63) is 60.6 Å². The van der Waals surface area contributed by atoms with Crippen LogP contribution in [0.5, 0.6) is 0 Å². The zero-order valence-corrected chi connectivity index (χ0v) is 13.7. The fraction of sp³-hybridized carbons (Fsp3) is 0.222. The van der Waals surface area contributed by atoms with Crippen molar-refractivity contribution in [1.29, 1.82) is 0 Å². The molecule has 4 rings (SSSR count). The van der Waals surface area contributed by atoms with E-state index in [0.29, 0.717) is 6.54 Å². The highest BCUT2D eigenvalue weighted by Gasteiger charge is 2.14. The van der Waals surface area contributed by atoms with E-state index in [2.05, 4.69) is 31.0 Å². The van der Waals surface area contributed by atoms with E-state index >= 15 is 0 Å². The van der Waals surface area contributed by atoms with Crippen molar-refractivity contribution in [1.82, 2.24) is 29.1 Å². The molecule has 4 heterocycles. The summed E-state index contributed by atoms with van der Waals surface area (Å²) in [4.78, 5) is 18.0. The molecule has 0 saturated carbocycles. The molecule has 0 spiro atoms. The maximum Gasteiger partial charge on any atom is 0.159 e. The molecule has 0 atom stereocenters. The Bertz CT molecular complexity index is 998. The molecular weight excluding hydrogens is 300 g/mol. The molecule has 0 radical (unpaired) electrons. The minimum atomic E-state index is 0.647. The zero-order chi connectivity index (χ0) is 16.5. The van der Waals surface area contributed by atoms with Gasteiger partial charge in [-0.1, -0.05) is 6.07 Å². The standard InChI is InChI=1S/C18H18N6/c1-3-24-15-11-19-8-6-14(15)22-16(24)12-23-10-9-21-18(23)17-13(2)5-4-7-20-17/h4-11H,3,12H2,1-2H3. The molecule has 0 aliphatic heterocycles. The number of rotatable bonds is 4. The van der Waals surface area contributed by atoms with Gasteiger partial charge in [-0.3, -0.25) is 9.97 Å². The van der Waals surface area contributed by atoms with Crippen molar-refractivity contribution in [2.45, 2.75) is 26.9 Å². The average Bonchev–Trinajstić information content (AvgIpc) is 3.19. The first-order valence-electron chi connectivity index (χ1n) is 8.00. The van der Waals surface area contributed by atoms with E-state index in [0.717, 1.165) is 40.5 Å². The molecule has 4 aromatic heterocycles. The lowest BCUT2D eigenvalue weighted by molar-refractivity contribution is 0.666. The molecule has 0 unspecified atom stereocenters. The number of pyridine rings is 2. The quantitative estimate of drug-likeness (QED) is 0.580. The monoisotopic (exact) mass is 318 g/mol. The second-order valence-corrected chi connectivity index (χ2v) is 5.68. The first-order valence-corrected chi connectivity index (χ1v) is 8.00. The average molecular weight is 318 g/mol. The summed E-state index contributed by atoms with van der Waals surface area (Å²) in [6, 6.07) is 5.94. The molecule has 0 aromatic carbocycles. The molecule has 4 aromatic rings. The molecular formula is C18H18N6. The Kier molecular flexibility index (Phi) is 3.57. The zero-order valence-electron chi connectivity index (χ0n) is 13.7. The van der Waals surface area contributed by atoms with Gasteiger partial charge >= 0.3 is 0 Å². The second kappa shape index (κ2) is 5.88. The molecule has 0 saturated heterocycles. The molecule has 0 N–H and O–H groups in total. The Morgan fingerprint density at radius 1 is 1.08 bits per heavy atom. The van der Waals surface area contributed by atoms with Crippen LogP contribution in [-0.2, 0) is 13.1 Å². The van der Waals surface area contributed by atoms with Crippen LogP contribution in [0.15, 0.2) is 49.2 Å². The number of hydrogen-bond acceptors (Lipinski definition) is 4. The highest BCUT2D eigenvalue weighted by Crippen LogP contribution is 2.21. The van der Waals surface area contributed by atoms with E-state index in [4.69, 9.17) is 4.98 Å². The van der Waals surface area contributed by atoms with E-state index in [-0.39, 0.29) is 0 Å². The highest BCUT2D eigenvalue weighted by atomic mass is 15.2. The number of aromatic nitrogens is 6. The van der Waals surface area contributed by atoms with Crippen molar-refractivity contribution in [3.8, 4) is 11.5 Å². The van der Waals surface area contributed by atoms with E-state index in [1.165, 1.54) is 0 Å². The summed E-state index contributed by atoms with van der Waals surface area (Å²) >= 11 is 0. The summed E-state index contributed by atoms with van der Waals surface area (Å²) in [6.45, 7) is 5.67. The van der Waals surface area contributed by atoms with Gasteiger partial charge in [0.25, 0.3) is 0 Å². The van der Waals surface area contributed by atoms with Gasteiger partial charge in [0.2, 0.25) is 0 Å². The van der Waals surface area contributed by atoms with Gasteiger partial charge in [-0.15, -0.1) is 0 Å². The maximum absolute atomic E-state index is 4.77. The van der Waals surface area contributed by atoms with Gasteiger partial charge in [0.05, 0.1) is 23.8 Å². The van der Waals surface area contributed by atoms with Crippen LogP contribution < -0.4 is 0 Å². The summed E-state index contributed by atoms with van der Waals surface area (Å²) in [5.41, 5.74) is 4.05. The predicted octanol–water partition coefficient (Wildman–Crippen LogP) is 3.07. The van der Waals surface area contributed by atoms with Crippen molar-refractivity contribution in [3.63, 3.8) is 0 Å². The third-order valence-electron chi connectivity index (χ3n) is 4.19. The van der Waals surface area contributed by atoms with Gasteiger partial charge in [-0.25, -0.2) is 9.97 Å². The van der Waals surface area contributed by atoms with Crippen LogP contribution in [0.25, 0.3) is 22.6 Å². The maximum atomic E-state index is 4.77. The van der Waals surface area contributed by atoms with Crippen LogP contribution in [-0.4, -0.2) is 29.1 Å². The number of aryl methyl sites for hydroxylation is 2. The van der Waals surface area contributed by atoms with Gasteiger partial charge in [-0.05, 0) is 31.5 Å². The van der Waals surface area contributed by atoms with Crippen LogP contribution in [0.4, 0.5) is 0 Å². The van der Waals surface area contributed by atoms with Crippen molar-refractivity contribution < 1.29 is 0 Å². The molecule has 24 heavy (non-hydrogen) atoms. The molecule has 0 bridgehead atoms. The van der Waals surface area contributed by atoms with E-state index < -0.39 is 0 Å². The molecule has 6 heteroatoms. The smallest absolute Gasteiger partial charge is 0.159 e. The summed E-state index contributed by atoms with van der Waals surface area (Å²) in [5, 5.41) is 0. The normalized spacial score (nSPS) is 11.2. The molecule has 6 nitrogen and oxygen atoms in total. The molecule has 0 fully saturated rings. The first kappa shape index (κ1) is 14.6. The molecule has 0 aliphatic carbocycles. The lowest BCUT2D eigenvalue weighted by atomic mass is 10.2. The van der Waals surface area contributed by atoms with Gasteiger partial charge < -0.3 is 9.13 Å². The second-order valence-electron chi connectivity index (χ2n) is 5.68. The largest absolute Gasteiger partial charge is 0.325 e. The van der Waals surface area contributed by atoms with Crippen LogP contribution in [0.1, 0.15) is 18.3 Å². The summed E-state index contributed by atoms with van der Waals surface area (Å²) in [5.74, 6) is 1.86. The summed E-state index contributed by atoms with van der Waals surface area (Å²) in [6.07, 6.45) is 9.23. The number of imidazole rings is 2. The highest BCUT2D eigenvalue weighted by molar-refractivity contribution is 5.74. The molecule has 0 aliphatic rings. The summed E-state index contributed by atoms with van der Waals surface area (Å²) in [7, 11) is 0. The Hall–Kier alpha value is -3.02. The van der Waals surface area contributed by atoms with Crippen LogP contribution in [0.2, 0.25) is 0 Å². The van der Waals surface area contributed by atoms with E-state index in [1.54, 1.807) is 12.4 Å². The van der Waals surface area contributed by atoms with Crippen molar-refractivity contribution in [2.75, 3.05) is 0 Å². The first-order chi connectivity index (χ1) is 11.8. The molecule has 120 valence electrons. The Morgan fingerprint density at radius 2 is 2.00 bits per heavy atom. The summed E-state index contributed by atoms with van der Waals surface area (Å²) < 4.78 is 4.29. The van der Waals surface area contributed by atoms with Gasteiger partial charge in [0.1, 0.15) is 11.5 Å². The fourth-order valence-electron chi connectivity index (χ4n) is 3.02. The van der Waals surface area contributed by atoms with Crippen molar-refractivity contribution in [2.24, 2.45) is 0 Å². The fourth-order valence-corrected chi connectivity index (χ4v) is 3.02. The third kappa shape index (κ3) is 2.36. The lowest BCUT2D eigenvalue weighted by Gasteiger charge is -2.10. The third-order valence-corrected chi connectivity index (χ3v) is 4.19. The van der Waals surface area contributed by atoms with Gasteiger partial charge in [0.15, 0.2) is 5.82 Å². The van der Waals surface area contributed by atoms with Crippen LogP contribution >= 0.6 is 0 Å². The Labute approximate surface area is 139 Å². The minimum absolute atomic E-state index is 0.647. The van der Waals surface area contributed by atoms with Crippen LogP contribution in [0, 0.1) is 6.92 Å². The Morgan fingerprint density at radius 3 is 2.83 bits per heavy atom. The molecule has 0 amide bonds. The van der Waals surface area contributed by atoms with Crippen molar-refractivity contribution >= 4 is 11.0 Å². The SMILES string of the molecule is CCn1c(Cn2ccnc2-c2ncccc2C)nc2ccncc21. The van der Waals surface area contributed by atoms with Gasteiger partial charge in [0, 0.05) is 31.3 Å². The number of nitrogens with zero attached hydrogens (tertiary/aromatic N) is 6. The van der Waals surface area contributed by atoms with Crippen LogP contribution in [0.3, 0.4) is 0 Å². The minimum Gasteiger partial charge on any atom is -0.325 e. The number of hydrogen-bond donors (Lipinski definition) is 0. The topological polar surface area (TPSA) is 61.4 Å². The lowest BCUT2D eigenvalue weighted by Crippen LogP contribution is -2.09. The predicted molar refractivity (Wildman–Crippen MR) is 92.5 cm³/mol.